The highest BCUT2D eigenvalue weighted by Crippen LogP contribution is 2.36. The number of para-hydroxylation sites is 1. The van der Waals surface area contributed by atoms with E-state index in [4.69, 9.17) is 0 Å². The molecule has 0 radical (unpaired) electrons. The Kier molecular flexibility index (Phi) is 2.78. The van der Waals surface area contributed by atoms with Crippen LogP contribution in [-0.4, -0.2) is 10.4 Å². The van der Waals surface area contributed by atoms with E-state index in [1.807, 2.05) is 13.8 Å². The van der Waals surface area contributed by atoms with Gasteiger partial charge in [-0.25, -0.2) is 8.78 Å². The highest BCUT2D eigenvalue weighted by Gasteiger charge is 2.33. The summed E-state index contributed by atoms with van der Waals surface area (Å²) in [5.41, 5.74) is 0.962. The van der Waals surface area contributed by atoms with Crippen LogP contribution >= 0.6 is 0 Å². The fourth-order valence-corrected chi connectivity index (χ4v) is 2.87. The minimum Gasteiger partial charge on any atom is -0.315 e. The molecule has 0 amide bonds. The predicted molar refractivity (Wildman–Crippen MR) is 72.1 cm³/mol. The zero-order chi connectivity index (χ0) is 14.5. The van der Waals surface area contributed by atoms with Gasteiger partial charge in [0.1, 0.15) is 17.3 Å². The quantitative estimate of drug-likeness (QED) is 0.773. The van der Waals surface area contributed by atoms with Gasteiger partial charge in [-0.1, -0.05) is 19.9 Å². The molecule has 0 atom stereocenters. The number of ketones is 1. The number of hydrogen-bond donors (Lipinski definition) is 0. The predicted octanol–water partition coefficient (Wildman–Crippen LogP) is 3.91. The summed E-state index contributed by atoms with van der Waals surface area (Å²) in [5.74, 6) is -1.22. The summed E-state index contributed by atoms with van der Waals surface area (Å²) < 4.78 is 29.3. The number of hydrogen-bond acceptors (Lipinski definition) is 1. The normalized spacial score (nSPS) is 17.1. The van der Waals surface area contributed by atoms with E-state index < -0.39 is 11.6 Å². The van der Waals surface area contributed by atoms with Gasteiger partial charge in [0, 0.05) is 23.9 Å². The minimum absolute atomic E-state index is 0.0340. The molecule has 0 fully saturated rings. The Morgan fingerprint density at radius 3 is 2.40 bits per heavy atom. The fourth-order valence-electron chi connectivity index (χ4n) is 2.87. The summed E-state index contributed by atoms with van der Waals surface area (Å²) in [6.45, 7) is 3.98. The van der Waals surface area contributed by atoms with E-state index in [9.17, 15) is 13.6 Å². The Hall–Kier alpha value is -1.97. The van der Waals surface area contributed by atoms with Crippen LogP contribution in [0.4, 0.5) is 8.78 Å². The number of benzene rings is 1. The average molecular weight is 275 g/mol. The van der Waals surface area contributed by atoms with Crippen molar-refractivity contribution in [3.8, 4) is 5.69 Å². The van der Waals surface area contributed by atoms with E-state index in [0.29, 0.717) is 24.1 Å². The number of fused-ring (bicyclic) bond motifs is 1. The van der Waals surface area contributed by atoms with Gasteiger partial charge in [0.2, 0.25) is 0 Å². The lowest BCUT2D eigenvalue weighted by atomic mass is 9.76. The topological polar surface area (TPSA) is 22.0 Å². The molecule has 0 saturated heterocycles. The molecule has 1 aliphatic carbocycles. The molecule has 2 nitrogen and oxygen atoms in total. The first-order valence-corrected chi connectivity index (χ1v) is 6.57. The zero-order valence-electron chi connectivity index (χ0n) is 11.4. The summed E-state index contributed by atoms with van der Waals surface area (Å²) >= 11 is 0. The molecule has 0 bridgehead atoms. The van der Waals surface area contributed by atoms with Crippen molar-refractivity contribution < 1.29 is 13.6 Å². The highest BCUT2D eigenvalue weighted by atomic mass is 19.1. The van der Waals surface area contributed by atoms with Gasteiger partial charge in [-0.15, -0.1) is 0 Å². The molecule has 4 heteroatoms. The van der Waals surface area contributed by atoms with Crippen molar-refractivity contribution in [3.63, 3.8) is 0 Å². The molecule has 104 valence electrons. The van der Waals surface area contributed by atoms with Crippen LogP contribution in [0.5, 0.6) is 0 Å². The van der Waals surface area contributed by atoms with Crippen molar-refractivity contribution >= 4 is 5.78 Å². The van der Waals surface area contributed by atoms with Crippen LogP contribution in [-0.2, 0) is 6.42 Å². The first-order chi connectivity index (χ1) is 9.39. The molecule has 0 N–H and O–H groups in total. The van der Waals surface area contributed by atoms with Gasteiger partial charge in [-0.05, 0) is 30.0 Å². The van der Waals surface area contributed by atoms with Crippen LogP contribution in [0.1, 0.15) is 36.3 Å². The van der Waals surface area contributed by atoms with Crippen LogP contribution in [0.25, 0.3) is 5.69 Å². The molecule has 0 spiro atoms. The van der Waals surface area contributed by atoms with Crippen molar-refractivity contribution in [3.05, 3.63) is 53.4 Å². The maximum atomic E-state index is 13.9. The summed E-state index contributed by atoms with van der Waals surface area (Å²) in [5, 5.41) is 0. The van der Waals surface area contributed by atoms with Gasteiger partial charge in [-0.3, -0.25) is 4.79 Å². The number of halogens is 2. The van der Waals surface area contributed by atoms with E-state index in [2.05, 4.69) is 0 Å². The summed E-state index contributed by atoms with van der Waals surface area (Å²) in [6.07, 6.45) is 2.66. The standard InChI is InChI=1S/C16H15F2NO/c1-16(2)8-13-10(14(20)9-16)6-7-19(13)15-11(17)4-3-5-12(15)18/h3-7H,8-9H2,1-2H3. The molecule has 0 saturated carbocycles. The van der Waals surface area contributed by atoms with E-state index in [0.717, 1.165) is 0 Å². The van der Waals surface area contributed by atoms with E-state index >= 15 is 0 Å². The summed E-state index contributed by atoms with van der Waals surface area (Å²) in [4.78, 5) is 12.1. The number of carbonyl (C=O) groups excluding carboxylic acids is 1. The third kappa shape index (κ3) is 1.96. The van der Waals surface area contributed by atoms with Crippen molar-refractivity contribution in [2.24, 2.45) is 5.41 Å². The zero-order valence-corrected chi connectivity index (χ0v) is 11.4. The number of aromatic nitrogens is 1. The van der Waals surface area contributed by atoms with Crippen molar-refractivity contribution in [1.82, 2.24) is 4.57 Å². The van der Waals surface area contributed by atoms with Gasteiger partial charge in [-0.2, -0.15) is 0 Å². The fraction of sp³-hybridized carbons (Fsp3) is 0.312. The Morgan fingerprint density at radius 2 is 1.75 bits per heavy atom. The second kappa shape index (κ2) is 4.27. The molecule has 20 heavy (non-hydrogen) atoms. The lowest BCUT2D eigenvalue weighted by Crippen LogP contribution is -2.28. The molecule has 1 aromatic carbocycles. The minimum atomic E-state index is -0.626. The van der Waals surface area contributed by atoms with Gasteiger partial charge >= 0.3 is 0 Å². The van der Waals surface area contributed by atoms with Crippen LogP contribution in [0.3, 0.4) is 0 Å². The Balaban J connectivity index is 2.21. The van der Waals surface area contributed by atoms with Crippen molar-refractivity contribution in [2.75, 3.05) is 0 Å². The molecular formula is C16H15F2NO. The van der Waals surface area contributed by atoms with Gasteiger partial charge in [0.25, 0.3) is 0 Å². The van der Waals surface area contributed by atoms with Crippen molar-refractivity contribution in [2.45, 2.75) is 26.7 Å². The number of nitrogens with zero attached hydrogens (tertiary/aromatic N) is 1. The van der Waals surface area contributed by atoms with E-state index in [-0.39, 0.29) is 16.9 Å². The van der Waals surface area contributed by atoms with Crippen LogP contribution in [0.2, 0.25) is 0 Å². The lowest BCUT2D eigenvalue weighted by molar-refractivity contribution is 0.0911. The van der Waals surface area contributed by atoms with Gasteiger partial charge in [0.15, 0.2) is 5.78 Å². The van der Waals surface area contributed by atoms with Gasteiger partial charge in [0.05, 0.1) is 0 Å². The summed E-state index contributed by atoms with van der Waals surface area (Å²) in [7, 11) is 0. The molecule has 1 aromatic heterocycles. The van der Waals surface area contributed by atoms with E-state index in [1.165, 1.54) is 22.8 Å². The first kappa shape index (κ1) is 13.0. The van der Waals surface area contributed by atoms with Crippen LogP contribution in [0, 0.1) is 17.0 Å². The summed E-state index contributed by atoms with van der Waals surface area (Å²) in [6, 6.07) is 5.43. The Labute approximate surface area is 116 Å². The molecule has 3 rings (SSSR count). The molecule has 0 aliphatic heterocycles. The molecule has 2 aromatic rings. The maximum Gasteiger partial charge on any atom is 0.165 e. The number of rotatable bonds is 1. The molecule has 1 heterocycles. The second-order valence-electron chi connectivity index (χ2n) is 6.06. The number of Topliss-reactive ketones (excluding diaryl/α,β-unsaturated/α-hetero) is 1. The lowest BCUT2D eigenvalue weighted by Gasteiger charge is -2.29. The molecule has 0 unspecified atom stereocenters. The first-order valence-electron chi connectivity index (χ1n) is 6.57. The highest BCUT2D eigenvalue weighted by molar-refractivity contribution is 5.99. The molecule has 1 aliphatic rings. The van der Waals surface area contributed by atoms with Crippen LogP contribution < -0.4 is 0 Å². The molecular weight excluding hydrogens is 260 g/mol. The van der Waals surface area contributed by atoms with Crippen molar-refractivity contribution in [1.29, 1.82) is 0 Å². The average Bonchev–Trinajstić information content (AvgIpc) is 2.71. The number of carbonyl (C=O) groups is 1. The maximum absolute atomic E-state index is 13.9. The monoisotopic (exact) mass is 275 g/mol. The smallest absolute Gasteiger partial charge is 0.165 e. The van der Waals surface area contributed by atoms with E-state index in [1.54, 1.807) is 12.3 Å². The van der Waals surface area contributed by atoms with Gasteiger partial charge < -0.3 is 4.57 Å². The third-order valence-corrected chi connectivity index (χ3v) is 3.76. The third-order valence-electron chi connectivity index (χ3n) is 3.76. The largest absolute Gasteiger partial charge is 0.315 e. The Morgan fingerprint density at radius 1 is 1.10 bits per heavy atom. The second-order valence-corrected chi connectivity index (χ2v) is 6.06. The Bertz CT molecular complexity index is 680. The SMILES string of the molecule is CC1(C)CC(=O)c2ccn(-c3c(F)cccc3F)c2C1. The van der Waals surface area contributed by atoms with Crippen LogP contribution in [0.15, 0.2) is 30.5 Å².